The second kappa shape index (κ2) is 8.97. The van der Waals surface area contributed by atoms with Gasteiger partial charge in [-0.05, 0) is 40.0 Å². The molecule has 0 atom stereocenters. The standard InChI is InChI=1S/C18H19BrClNO4/c1-23-15-6-4-11(8-12(15)19)5-7-18(22)21-14-10-16(24-2)13(20)9-17(14)25-3/h4,6,8-10H,5,7H2,1-3H3,(H,21,22). The molecule has 2 rings (SSSR count). The first kappa shape index (κ1) is 19.4. The molecule has 0 radical (unpaired) electrons. The van der Waals surface area contributed by atoms with E-state index < -0.39 is 0 Å². The number of hydrogen-bond donors (Lipinski definition) is 1. The van der Waals surface area contributed by atoms with Crippen LogP contribution >= 0.6 is 27.5 Å². The number of carbonyl (C=O) groups excluding carboxylic acids is 1. The highest BCUT2D eigenvalue weighted by Crippen LogP contribution is 2.36. The van der Waals surface area contributed by atoms with E-state index in [2.05, 4.69) is 21.2 Å². The molecule has 0 saturated carbocycles. The van der Waals surface area contributed by atoms with Crippen molar-refractivity contribution in [3.63, 3.8) is 0 Å². The van der Waals surface area contributed by atoms with Crippen LogP contribution in [0.25, 0.3) is 0 Å². The molecule has 0 fully saturated rings. The van der Waals surface area contributed by atoms with Gasteiger partial charge in [-0.2, -0.15) is 0 Å². The van der Waals surface area contributed by atoms with Crippen LogP contribution in [0, 0.1) is 0 Å². The third kappa shape index (κ3) is 5.03. The Kier molecular flexibility index (Phi) is 6.96. The minimum absolute atomic E-state index is 0.130. The Labute approximate surface area is 160 Å². The maximum Gasteiger partial charge on any atom is 0.224 e. The summed E-state index contributed by atoms with van der Waals surface area (Å²) in [7, 11) is 4.64. The topological polar surface area (TPSA) is 56.8 Å². The molecule has 0 bridgehead atoms. The van der Waals surface area contributed by atoms with Gasteiger partial charge in [0, 0.05) is 18.6 Å². The van der Waals surface area contributed by atoms with E-state index in [4.69, 9.17) is 25.8 Å². The lowest BCUT2D eigenvalue weighted by molar-refractivity contribution is -0.116. The van der Waals surface area contributed by atoms with Gasteiger partial charge in [-0.3, -0.25) is 4.79 Å². The summed E-state index contributed by atoms with van der Waals surface area (Å²) in [4.78, 5) is 12.3. The fourth-order valence-corrected chi connectivity index (χ4v) is 3.11. The number of amides is 1. The largest absolute Gasteiger partial charge is 0.496 e. The quantitative estimate of drug-likeness (QED) is 0.694. The highest BCUT2D eigenvalue weighted by atomic mass is 79.9. The van der Waals surface area contributed by atoms with Crippen LogP contribution in [0.2, 0.25) is 5.02 Å². The Morgan fingerprint density at radius 3 is 2.32 bits per heavy atom. The van der Waals surface area contributed by atoms with E-state index in [1.54, 1.807) is 19.2 Å². The number of rotatable bonds is 7. The van der Waals surface area contributed by atoms with Gasteiger partial charge in [-0.1, -0.05) is 17.7 Å². The number of benzene rings is 2. The van der Waals surface area contributed by atoms with Crippen LogP contribution in [0.5, 0.6) is 17.2 Å². The zero-order valence-electron chi connectivity index (χ0n) is 14.2. The van der Waals surface area contributed by atoms with Crippen LogP contribution in [0.15, 0.2) is 34.8 Å². The van der Waals surface area contributed by atoms with Crippen molar-refractivity contribution in [2.75, 3.05) is 26.6 Å². The van der Waals surface area contributed by atoms with Gasteiger partial charge < -0.3 is 19.5 Å². The monoisotopic (exact) mass is 427 g/mol. The molecule has 2 aromatic rings. The van der Waals surface area contributed by atoms with Gasteiger partial charge in [0.05, 0.1) is 36.5 Å². The minimum atomic E-state index is -0.130. The third-order valence-electron chi connectivity index (χ3n) is 3.60. The predicted molar refractivity (Wildman–Crippen MR) is 102 cm³/mol. The number of methoxy groups -OCH3 is 3. The number of ether oxygens (including phenoxy) is 3. The second-order valence-electron chi connectivity index (χ2n) is 5.20. The van der Waals surface area contributed by atoms with Gasteiger partial charge in [0.15, 0.2) is 0 Å². The first-order chi connectivity index (χ1) is 12.0. The molecular weight excluding hydrogens is 410 g/mol. The lowest BCUT2D eigenvalue weighted by Gasteiger charge is -2.13. The van der Waals surface area contributed by atoms with Crippen molar-refractivity contribution in [1.29, 1.82) is 0 Å². The molecule has 0 spiro atoms. The van der Waals surface area contributed by atoms with E-state index in [9.17, 15) is 4.79 Å². The zero-order chi connectivity index (χ0) is 18.4. The minimum Gasteiger partial charge on any atom is -0.496 e. The maximum absolute atomic E-state index is 12.3. The Morgan fingerprint density at radius 2 is 1.72 bits per heavy atom. The van der Waals surface area contributed by atoms with Crippen molar-refractivity contribution in [3.05, 3.63) is 45.4 Å². The van der Waals surface area contributed by atoms with Crippen LogP contribution in [0.3, 0.4) is 0 Å². The van der Waals surface area contributed by atoms with Gasteiger partial charge in [0.1, 0.15) is 17.2 Å². The molecule has 0 aliphatic rings. The molecule has 0 aliphatic carbocycles. The number of nitrogens with one attached hydrogen (secondary N) is 1. The van der Waals surface area contributed by atoms with Gasteiger partial charge >= 0.3 is 0 Å². The molecule has 2 aromatic carbocycles. The average Bonchev–Trinajstić information content (AvgIpc) is 2.61. The predicted octanol–water partition coefficient (Wildman–Crippen LogP) is 4.70. The fourth-order valence-electron chi connectivity index (χ4n) is 2.29. The molecule has 0 aliphatic heterocycles. The number of anilines is 1. The van der Waals surface area contributed by atoms with Gasteiger partial charge in [0.25, 0.3) is 0 Å². The SMILES string of the molecule is COc1cc(NC(=O)CCc2ccc(OC)c(Br)c2)c(OC)cc1Cl. The normalized spacial score (nSPS) is 10.3. The summed E-state index contributed by atoms with van der Waals surface area (Å²) in [5.41, 5.74) is 1.55. The van der Waals surface area contributed by atoms with Crippen LogP contribution in [0.4, 0.5) is 5.69 Å². The van der Waals surface area contributed by atoms with Gasteiger partial charge in [0.2, 0.25) is 5.91 Å². The molecule has 0 saturated heterocycles. The van der Waals surface area contributed by atoms with Crippen molar-refractivity contribution >= 4 is 39.1 Å². The van der Waals surface area contributed by atoms with Crippen LogP contribution in [-0.4, -0.2) is 27.2 Å². The first-order valence-corrected chi connectivity index (χ1v) is 8.69. The highest BCUT2D eigenvalue weighted by molar-refractivity contribution is 9.10. The van der Waals surface area contributed by atoms with Crippen LogP contribution in [0.1, 0.15) is 12.0 Å². The Morgan fingerprint density at radius 1 is 1.04 bits per heavy atom. The van der Waals surface area contributed by atoms with E-state index >= 15 is 0 Å². The molecule has 25 heavy (non-hydrogen) atoms. The zero-order valence-corrected chi connectivity index (χ0v) is 16.5. The Balaban J connectivity index is 2.04. The molecule has 0 aromatic heterocycles. The lowest BCUT2D eigenvalue weighted by Crippen LogP contribution is -2.13. The first-order valence-electron chi connectivity index (χ1n) is 7.52. The van der Waals surface area contributed by atoms with Gasteiger partial charge in [-0.15, -0.1) is 0 Å². The molecule has 0 heterocycles. The number of halogens is 2. The van der Waals surface area contributed by atoms with E-state index in [1.807, 2.05) is 18.2 Å². The summed E-state index contributed by atoms with van der Waals surface area (Å²) in [6.07, 6.45) is 0.925. The molecular formula is C18H19BrClNO4. The van der Waals surface area contributed by atoms with Crippen LogP contribution in [-0.2, 0) is 11.2 Å². The highest BCUT2D eigenvalue weighted by Gasteiger charge is 2.13. The van der Waals surface area contributed by atoms with E-state index in [-0.39, 0.29) is 5.91 Å². The van der Waals surface area contributed by atoms with E-state index in [0.717, 1.165) is 15.8 Å². The molecule has 1 N–H and O–H groups in total. The summed E-state index contributed by atoms with van der Waals surface area (Å²) in [6, 6.07) is 8.99. The van der Waals surface area contributed by atoms with Crippen molar-refractivity contribution in [1.82, 2.24) is 0 Å². The Bertz CT molecular complexity index is 767. The molecule has 5 nitrogen and oxygen atoms in total. The summed E-state index contributed by atoms with van der Waals surface area (Å²) in [5.74, 6) is 1.57. The summed E-state index contributed by atoms with van der Waals surface area (Å²) in [6.45, 7) is 0. The molecule has 1 amide bonds. The molecule has 7 heteroatoms. The second-order valence-corrected chi connectivity index (χ2v) is 6.47. The van der Waals surface area contributed by atoms with E-state index in [1.165, 1.54) is 14.2 Å². The number of hydrogen-bond acceptors (Lipinski definition) is 4. The number of aryl methyl sites for hydroxylation is 1. The van der Waals surface area contributed by atoms with Crippen molar-refractivity contribution in [2.24, 2.45) is 0 Å². The maximum atomic E-state index is 12.3. The smallest absolute Gasteiger partial charge is 0.224 e. The average molecular weight is 429 g/mol. The summed E-state index contributed by atoms with van der Waals surface area (Å²) >= 11 is 9.51. The Hall–Kier alpha value is -1.92. The van der Waals surface area contributed by atoms with E-state index in [0.29, 0.717) is 35.1 Å². The molecule has 134 valence electrons. The summed E-state index contributed by atoms with van der Waals surface area (Å²) in [5, 5.41) is 3.25. The fraction of sp³-hybridized carbons (Fsp3) is 0.278. The number of carbonyl (C=O) groups is 1. The molecule has 0 unspecified atom stereocenters. The van der Waals surface area contributed by atoms with Crippen molar-refractivity contribution in [2.45, 2.75) is 12.8 Å². The third-order valence-corrected chi connectivity index (χ3v) is 4.52. The van der Waals surface area contributed by atoms with Crippen molar-refractivity contribution in [3.8, 4) is 17.2 Å². The van der Waals surface area contributed by atoms with Crippen LogP contribution < -0.4 is 19.5 Å². The van der Waals surface area contributed by atoms with Crippen molar-refractivity contribution < 1.29 is 19.0 Å². The lowest BCUT2D eigenvalue weighted by atomic mass is 10.1. The summed E-state index contributed by atoms with van der Waals surface area (Å²) < 4.78 is 16.5. The van der Waals surface area contributed by atoms with Gasteiger partial charge in [-0.25, -0.2) is 0 Å².